The lowest BCUT2D eigenvalue weighted by atomic mass is 10.2. The number of morpholine rings is 1. The molecule has 110 valence electrons. The number of anilines is 2. The number of carbonyl (C=O) groups is 1. The van der Waals surface area contributed by atoms with Crippen molar-refractivity contribution in [2.24, 2.45) is 0 Å². The van der Waals surface area contributed by atoms with Crippen molar-refractivity contribution in [3.05, 3.63) is 17.8 Å². The summed E-state index contributed by atoms with van der Waals surface area (Å²) in [4.78, 5) is 18.0. The Labute approximate surface area is 117 Å². The number of carbonyl (C=O) groups excluding carboxylic acids is 1. The summed E-state index contributed by atoms with van der Waals surface area (Å²) in [5.74, 6) is 0.171. The first-order valence-electron chi connectivity index (χ1n) is 6.55. The SMILES string of the molecule is CCOC(=O)c1cc(N2CCOC(CO)C2)ncc1N. The van der Waals surface area contributed by atoms with Crippen LogP contribution in [0.5, 0.6) is 0 Å². The number of nitrogen functional groups attached to an aromatic ring is 1. The summed E-state index contributed by atoms with van der Waals surface area (Å²) in [6, 6.07) is 1.62. The summed E-state index contributed by atoms with van der Waals surface area (Å²) in [5, 5.41) is 9.15. The predicted molar refractivity (Wildman–Crippen MR) is 73.6 cm³/mol. The molecule has 1 aliphatic heterocycles. The molecule has 20 heavy (non-hydrogen) atoms. The van der Waals surface area contributed by atoms with Gasteiger partial charge < -0.3 is 25.2 Å². The fourth-order valence-corrected chi connectivity index (χ4v) is 2.05. The summed E-state index contributed by atoms with van der Waals surface area (Å²) in [6.45, 7) is 3.66. The number of hydrogen-bond donors (Lipinski definition) is 2. The van der Waals surface area contributed by atoms with Crippen LogP contribution in [0, 0.1) is 0 Å². The number of aliphatic hydroxyl groups excluding tert-OH is 1. The molecule has 2 rings (SSSR count). The lowest BCUT2D eigenvalue weighted by molar-refractivity contribution is 0.00336. The Kier molecular flexibility index (Phi) is 4.75. The Hall–Kier alpha value is -1.86. The van der Waals surface area contributed by atoms with Crippen molar-refractivity contribution in [3.63, 3.8) is 0 Å². The number of nitrogens with two attached hydrogens (primary N) is 1. The minimum Gasteiger partial charge on any atom is -0.462 e. The lowest BCUT2D eigenvalue weighted by Crippen LogP contribution is -2.44. The smallest absolute Gasteiger partial charge is 0.340 e. The second-order valence-corrected chi connectivity index (χ2v) is 4.47. The van der Waals surface area contributed by atoms with Crippen LogP contribution in [0.4, 0.5) is 11.5 Å². The molecule has 1 aliphatic rings. The Bertz CT molecular complexity index is 481. The van der Waals surface area contributed by atoms with Gasteiger partial charge in [-0.15, -0.1) is 0 Å². The Morgan fingerprint density at radius 2 is 2.50 bits per heavy atom. The van der Waals surface area contributed by atoms with Crippen LogP contribution in [0.2, 0.25) is 0 Å². The Morgan fingerprint density at radius 1 is 1.70 bits per heavy atom. The van der Waals surface area contributed by atoms with Crippen molar-refractivity contribution < 1.29 is 19.4 Å². The molecule has 0 radical (unpaired) electrons. The number of aliphatic hydroxyl groups is 1. The molecule has 0 aromatic carbocycles. The van der Waals surface area contributed by atoms with Gasteiger partial charge in [-0.2, -0.15) is 0 Å². The molecule has 0 amide bonds. The van der Waals surface area contributed by atoms with Crippen LogP contribution in [0.25, 0.3) is 0 Å². The van der Waals surface area contributed by atoms with Crippen molar-refractivity contribution in [2.75, 3.05) is 43.5 Å². The van der Waals surface area contributed by atoms with Gasteiger partial charge in [-0.3, -0.25) is 0 Å². The van der Waals surface area contributed by atoms with Crippen molar-refractivity contribution in [1.82, 2.24) is 4.98 Å². The first kappa shape index (κ1) is 14.5. The first-order chi connectivity index (χ1) is 9.65. The second-order valence-electron chi connectivity index (χ2n) is 4.47. The van der Waals surface area contributed by atoms with E-state index in [-0.39, 0.29) is 12.7 Å². The quantitative estimate of drug-likeness (QED) is 0.752. The van der Waals surface area contributed by atoms with Gasteiger partial charge >= 0.3 is 5.97 Å². The topological polar surface area (TPSA) is 97.9 Å². The number of nitrogens with zero attached hydrogens (tertiary/aromatic N) is 2. The van der Waals surface area contributed by atoms with E-state index in [9.17, 15) is 4.79 Å². The minimum absolute atomic E-state index is 0.0454. The third-order valence-corrected chi connectivity index (χ3v) is 3.08. The molecule has 1 aromatic heterocycles. The summed E-state index contributed by atoms with van der Waals surface area (Å²) < 4.78 is 10.3. The van der Waals surface area contributed by atoms with Crippen LogP contribution in [0.15, 0.2) is 12.3 Å². The van der Waals surface area contributed by atoms with Crippen LogP contribution in [-0.4, -0.2) is 55.1 Å². The maximum atomic E-state index is 11.8. The number of hydrogen-bond acceptors (Lipinski definition) is 7. The zero-order chi connectivity index (χ0) is 14.5. The normalized spacial score (nSPS) is 18.9. The fourth-order valence-electron chi connectivity index (χ4n) is 2.05. The monoisotopic (exact) mass is 281 g/mol. The molecule has 7 nitrogen and oxygen atoms in total. The standard InChI is InChI=1S/C13H19N3O4/c1-2-19-13(18)10-5-12(15-6-11(10)14)16-3-4-20-9(7-16)8-17/h5-6,9,17H,2-4,7-8,14H2,1H3. The largest absolute Gasteiger partial charge is 0.462 e. The average Bonchev–Trinajstić information content (AvgIpc) is 2.48. The van der Waals surface area contributed by atoms with E-state index in [1.807, 2.05) is 4.90 Å². The molecule has 1 fully saturated rings. The summed E-state index contributed by atoms with van der Waals surface area (Å²) in [6.07, 6.45) is 1.21. The molecule has 0 spiro atoms. The molecule has 1 atom stereocenters. The molecule has 1 saturated heterocycles. The molecule has 0 bridgehead atoms. The van der Waals surface area contributed by atoms with Gasteiger partial charge in [-0.25, -0.2) is 9.78 Å². The fraction of sp³-hybridized carbons (Fsp3) is 0.538. The third kappa shape index (κ3) is 3.17. The van der Waals surface area contributed by atoms with Gasteiger partial charge in [-0.05, 0) is 13.0 Å². The van der Waals surface area contributed by atoms with E-state index in [1.165, 1.54) is 6.20 Å². The highest BCUT2D eigenvalue weighted by Crippen LogP contribution is 2.21. The predicted octanol–water partition coefficient (Wildman–Crippen LogP) is 0.0380. The average molecular weight is 281 g/mol. The molecule has 3 N–H and O–H groups in total. The van der Waals surface area contributed by atoms with E-state index in [2.05, 4.69) is 4.98 Å². The van der Waals surface area contributed by atoms with Gasteiger partial charge in [0.2, 0.25) is 0 Å². The maximum Gasteiger partial charge on any atom is 0.340 e. The first-order valence-corrected chi connectivity index (χ1v) is 6.55. The number of rotatable bonds is 4. The zero-order valence-electron chi connectivity index (χ0n) is 11.4. The number of pyridine rings is 1. The van der Waals surface area contributed by atoms with Gasteiger partial charge in [0.15, 0.2) is 0 Å². The van der Waals surface area contributed by atoms with E-state index in [0.717, 1.165) is 0 Å². The second kappa shape index (κ2) is 6.53. The van der Waals surface area contributed by atoms with Crippen LogP contribution in [-0.2, 0) is 9.47 Å². The molecular weight excluding hydrogens is 262 g/mol. The molecule has 2 heterocycles. The van der Waals surface area contributed by atoms with E-state index in [0.29, 0.717) is 43.4 Å². The van der Waals surface area contributed by atoms with Gasteiger partial charge in [-0.1, -0.05) is 0 Å². The van der Waals surface area contributed by atoms with E-state index < -0.39 is 5.97 Å². The van der Waals surface area contributed by atoms with Gasteiger partial charge in [0.1, 0.15) is 5.82 Å². The van der Waals surface area contributed by atoms with Crippen LogP contribution < -0.4 is 10.6 Å². The number of aromatic nitrogens is 1. The van der Waals surface area contributed by atoms with E-state index in [4.69, 9.17) is 20.3 Å². The molecule has 0 saturated carbocycles. The number of ether oxygens (including phenoxy) is 2. The zero-order valence-corrected chi connectivity index (χ0v) is 11.4. The molecule has 1 unspecified atom stereocenters. The minimum atomic E-state index is -0.458. The van der Waals surface area contributed by atoms with Gasteiger partial charge in [0.05, 0.1) is 43.4 Å². The van der Waals surface area contributed by atoms with Crippen molar-refractivity contribution >= 4 is 17.5 Å². The number of esters is 1. The van der Waals surface area contributed by atoms with Crippen molar-refractivity contribution in [1.29, 1.82) is 0 Å². The summed E-state index contributed by atoms with van der Waals surface area (Å²) in [7, 11) is 0. The Balaban J connectivity index is 2.20. The van der Waals surface area contributed by atoms with Gasteiger partial charge in [0.25, 0.3) is 0 Å². The lowest BCUT2D eigenvalue weighted by Gasteiger charge is -2.33. The van der Waals surface area contributed by atoms with Crippen LogP contribution in [0.3, 0.4) is 0 Å². The van der Waals surface area contributed by atoms with E-state index in [1.54, 1.807) is 13.0 Å². The van der Waals surface area contributed by atoms with Crippen molar-refractivity contribution in [2.45, 2.75) is 13.0 Å². The van der Waals surface area contributed by atoms with E-state index >= 15 is 0 Å². The highest BCUT2D eigenvalue weighted by Gasteiger charge is 2.22. The summed E-state index contributed by atoms with van der Waals surface area (Å²) in [5.41, 5.74) is 6.36. The molecular formula is C13H19N3O4. The van der Waals surface area contributed by atoms with Gasteiger partial charge in [0, 0.05) is 13.1 Å². The Morgan fingerprint density at radius 3 is 3.20 bits per heavy atom. The molecule has 1 aromatic rings. The molecule has 7 heteroatoms. The van der Waals surface area contributed by atoms with Crippen LogP contribution in [0.1, 0.15) is 17.3 Å². The highest BCUT2D eigenvalue weighted by molar-refractivity contribution is 5.95. The third-order valence-electron chi connectivity index (χ3n) is 3.08. The summed E-state index contributed by atoms with van der Waals surface area (Å²) >= 11 is 0. The van der Waals surface area contributed by atoms with Crippen molar-refractivity contribution in [3.8, 4) is 0 Å². The highest BCUT2D eigenvalue weighted by atomic mass is 16.5. The maximum absolute atomic E-state index is 11.8. The molecule has 0 aliphatic carbocycles. The van der Waals surface area contributed by atoms with Crippen LogP contribution >= 0.6 is 0 Å².